The van der Waals surface area contributed by atoms with E-state index in [4.69, 9.17) is 0 Å². The fourth-order valence-corrected chi connectivity index (χ4v) is 1.48. The molecule has 0 amide bonds. The third-order valence-corrected chi connectivity index (χ3v) is 2.35. The molecule has 0 aliphatic carbocycles. The summed E-state index contributed by atoms with van der Waals surface area (Å²) in [5.41, 5.74) is 3.96. The Kier molecular flexibility index (Phi) is 4.60. The standard InChI is InChI=1S/C14H11F3N2O/c15-12-8-10(6-7-13(12)20-14(16)17)9-18-19-11-4-2-1-3-5-11/h1-9,14,19H. The highest BCUT2D eigenvalue weighted by Gasteiger charge is 2.09. The van der Waals surface area contributed by atoms with E-state index >= 15 is 0 Å². The number of ether oxygens (including phenoxy) is 1. The molecule has 20 heavy (non-hydrogen) atoms. The van der Waals surface area contributed by atoms with Crippen molar-refractivity contribution in [2.75, 3.05) is 5.43 Å². The van der Waals surface area contributed by atoms with E-state index in [2.05, 4.69) is 15.3 Å². The van der Waals surface area contributed by atoms with Crippen LogP contribution in [0.5, 0.6) is 5.75 Å². The van der Waals surface area contributed by atoms with Crippen LogP contribution in [0.2, 0.25) is 0 Å². The van der Waals surface area contributed by atoms with Gasteiger partial charge in [0.05, 0.1) is 11.9 Å². The minimum atomic E-state index is -3.05. The van der Waals surface area contributed by atoms with Crippen molar-refractivity contribution in [3.63, 3.8) is 0 Å². The number of hydrogen-bond acceptors (Lipinski definition) is 3. The molecule has 0 spiro atoms. The summed E-state index contributed by atoms with van der Waals surface area (Å²) in [4.78, 5) is 0. The normalized spacial score (nSPS) is 11.0. The molecule has 0 aromatic heterocycles. The highest BCUT2D eigenvalue weighted by molar-refractivity contribution is 5.80. The molecule has 0 saturated carbocycles. The summed E-state index contributed by atoms with van der Waals surface area (Å²) >= 11 is 0. The van der Waals surface area contributed by atoms with E-state index < -0.39 is 18.2 Å². The van der Waals surface area contributed by atoms with Crippen LogP contribution in [0.1, 0.15) is 5.56 Å². The van der Waals surface area contributed by atoms with Crippen LogP contribution in [0, 0.1) is 5.82 Å². The Balaban J connectivity index is 2.01. The fraction of sp³-hybridized carbons (Fsp3) is 0.0714. The first-order valence-corrected chi connectivity index (χ1v) is 5.73. The summed E-state index contributed by atoms with van der Waals surface area (Å²) in [6, 6.07) is 12.8. The van der Waals surface area contributed by atoms with E-state index in [1.165, 1.54) is 12.3 Å². The number of alkyl halides is 2. The van der Waals surface area contributed by atoms with E-state index in [1.54, 1.807) is 0 Å². The Morgan fingerprint density at radius 1 is 1.10 bits per heavy atom. The van der Waals surface area contributed by atoms with Crippen LogP contribution < -0.4 is 10.2 Å². The van der Waals surface area contributed by atoms with E-state index in [0.717, 1.165) is 17.8 Å². The quantitative estimate of drug-likeness (QED) is 0.666. The second kappa shape index (κ2) is 6.60. The molecular weight excluding hydrogens is 269 g/mol. The molecule has 3 nitrogen and oxygen atoms in total. The van der Waals surface area contributed by atoms with E-state index in [1.807, 2.05) is 30.3 Å². The Morgan fingerprint density at radius 2 is 1.85 bits per heavy atom. The predicted octanol–water partition coefficient (Wildman–Crippen LogP) is 3.87. The Labute approximate surface area is 113 Å². The molecule has 0 aliphatic rings. The minimum absolute atomic E-state index is 0.424. The zero-order chi connectivity index (χ0) is 14.4. The number of nitrogens with zero attached hydrogens (tertiary/aromatic N) is 1. The fourth-order valence-electron chi connectivity index (χ4n) is 1.48. The first-order valence-electron chi connectivity index (χ1n) is 5.73. The van der Waals surface area contributed by atoms with Gasteiger partial charge in [0.2, 0.25) is 0 Å². The monoisotopic (exact) mass is 280 g/mol. The largest absolute Gasteiger partial charge is 0.432 e. The van der Waals surface area contributed by atoms with Crippen LogP contribution in [-0.2, 0) is 0 Å². The molecule has 0 aliphatic heterocycles. The summed E-state index contributed by atoms with van der Waals surface area (Å²) in [7, 11) is 0. The number of benzene rings is 2. The van der Waals surface area contributed by atoms with Gasteiger partial charge in [-0.15, -0.1) is 0 Å². The van der Waals surface area contributed by atoms with Gasteiger partial charge in [0.15, 0.2) is 11.6 Å². The maximum Gasteiger partial charge on any atom is 0.387 e. The van der Waals surface area contributed by atoms with Gasteiger partial charge in [-0.2, -0.15) is 13.9 Å². The lowest BCUT2D eigenvalue weighted by Crippen LogP contribution is -2.04. The average molecular weight is 280 g/mol. The topological polar surface area (TPSA) is 33.6 Å². The van der Waals surface area contributed by atoms with Gasteiger partial charge < -0.3 is 4.74 Å². The highest BCUT2D eigenvalue weighted by atomic mass is 19.3. The van der Waals surface area contributed by atoms with Gasteiger partial charge in [0, 0.05) is 0 Å². The van der Waals surface area contributed by atoms with Gasteiger partial charge in [-0.05, 0) is 35.9 Å². The minimum Gasteiger partial charge on any atom is -0.432 e. The second-order valence-corrected chi connectivity index (χ2v) is 3.80. The number of nitrogens with one attached hydrogen (secondary N) is 1. The lowest BCUT2D eigenvalue weighted by Gasteiger charge is -2.05. The molecule has 104 valence electrons. The SMILES string of the molecule is Fc1cc(C=NNc2ccccc2)ccc1OC(F)F. The molecule has 2 aromatic carbocycles. The van der Waals surface area contributed by atoms with Crippen LogP contribution >= 0.6 is 0 Å². The number of halogens is 3. The summed E-state index contributed by atoms with van der Waals surface area (Å²) < 4.78 is 41.4. The zero-order valence-corrected chi connectivity index (χ0v) is 10.3. The molecular formula is C14H11F3N2O. The van der Waals surface area contributed by atoms with Gasteiger partial charge >= 0.3 is 6.61 Å². The molecule has 6 heteroatoms. The molecule has 0 bridgehead atoms. The van der Waals surface area contributed by atoms with Crippen molar-refractivity contribution in [1.29, 1.82) is 0 Å². The third-order valence-electron chi connectivity index (χ3n) is 2.35. The number of hydrogen-bond donors (Lipinski definition) is 1. The maximum atomic E-state index is 13.4. The molecule has 0 fully saturated rings. The van der Waals surface area contributed by atoms with E-state index in [-0.39, 0.29) is 0 Å². The summed E-state index contributed by atoms with van der Waals surface area (Å²) in [6.45, 7) is -3.05. The van der Waals surface area contributed by atoms with Crippen LogP contribution in [0.15, 0.2) is 53.6 Å². The molecule has 1 N–H and O–H groups in total. The van der Waals surface area contributed by atoms with Gasteiger partial charge in [0.25, 0.3) is 0 Å². The average Bonchev–Trinajstić information content (AvgIpc) is 2.43. The molecule has 2 aromatic rings. The number of para-hydroxylation sites is 1. The first-order chi connectivity index (χ1) is 9.65. The van der Waals surface area contributed by atoms with Gasteiger partial charge in [-0.25, -0.2) is 4.39 Å². The van der Waals surface area contributed by atoms with Crippen molar-refractivity contribution < 1.29 is 17.9 Å². The highest BCUT2D eigenvalue weighted by Crippen LogP contribution is 2.19. The Hall–Kier alpha value is -2.50. The van der Waals surface area contributed by atoms with Crippen molar-refractivity contribution in [2.45, 2.75) is 6.61 Å². The molecule has 0 radical (unpaired) electrons. The number of anilines is 1. The van der Waals surface area contributed by atoms with Crippen molar-refractivity contribution in [3.8, 4) is 5.75 Å². The molecule has 2 rings (SSSR count). The van der Waals surface area contributed by atoms with Crippen LogP contribution in [-0.4, -0.2) is 12.8 Å². The van der Waals surface area contributed by atoms with Crippen molar-refractivity contribution in [3.05, 3.63) is 59.9 Å². The summed E-state index contributed by atoms with van der Waals surface area (Å²) in [5, 5.41) is 3.91. The van der Waals surface area contributed by atoms with Crippen molar-refractivity contribution >= 4 is 11.9 Å². The van der Waals surface area contributed by atoms with Crippen LogP contribution in [0.3, 0.4) is 0 Å². The zero-order valence-electron chi connectivity index (χ0n) is 10.3. The maximum absolute atomic E-state index is 13.4. The summed E-state index contributed by atoms with van der Waals surface area (Å²) in [5.74, 6) is -1.36. The van der Waals surface area contributed by atoms with Crippen molar-refractivity contribution in [1.82, 2.24) is 0 Å². The van der Waals surface area contributed by atoms with Gasteiger partial charge in [-0.3, -0.25) is 5.43 Å². The van der Waals surface area contributed by atoms with Crippen molar-refractivity contribution in [2.24, 2.45) is 5.10 Å². The Morgan fingerprint density at radius 3 is 2.50 bits per heavy atom. The van der Waals surface area contributed by atoms with Gasteiger partial charge in [-0.1, -0.05) is 18.2 Å². The number of hydrazone groups is 1. The third kappa shape index (κ3) is 4.01. The predicted molar refractivity (Wildman–Crippen MR) is 70.7 cm³/mol. The van der Waals surface area contributed by atoms with Crippen LogP contribution in [0.4, 0.5) is 18.9 Å². The lowest BCUT2D eigenvalue weighted by molar-refractivity contribution is -0.0521. The molecule has 0 heterocycles. The number of rotatable bonds is 5. The van der Waals surface area contributed by atoms with E-state index in [9.17, 15) is 13.2 Å². The summed E-state index contributed by atoms with van der Waals surface area (Å²) in [6.07, 6.45) is 1.38. The van der Waals surface area contributed by atoms with E-state index in [0.29, 0.717) is 5.56 Å². The molecule has 0 unspecified atom stereocenters. The van der Waals surface area contributed by atoms with Crippen LogP contribution in [0.25, 0.3) is 0 Å². The lowest BCUT2D eigenvalue weighted by atomic mass is 10.2. The smallest absolute Gasteiger partial charge is 0.387 e. The molecule has 0 atom stereocenters. The molecule has 0 saturated heterocycles. The van der Waals surface area contributed by atoms with Gasteiger partial charge in [0.1, 0.15) is 0 Å². The Bertz CT molecular complexity index is 588. The first kappa shape index (κ1) is 13.9. The second-order valence-electron chi connectivity index (χ2n) is 3.80.